The maximum atomic E-state index is 5.78. The Morgan fingerprint density at radius 1 is 0.645 bits per heavy atom. The first kappa shape index (κ1) is 22.8. The van der Waals surface area contributed by atoms with E-state index in [0.717, 1.165) is 58.3 Å². The Labute approximate surface area is 189 Å². The van der Waals surface area contributed by atoms with Crippen molar-refractivity contribution in [3.8, 4) is 32.6 Å². The fourth-order valence-corrected chi connectivity index (χ4v) is 3.76. The third-order valence-corrected chi connectivity index (χ3v) is 5.56. The molecule has 1 heterocycles. The smallest absolute Gasteiger partial charge is 0.148 e. The van der Waals surface area contributed by atoms with E-state index in [1.807, 2.05) is 48.5 Å². The van der Waals surface area contributed by atoms with Crippen molar-refractivity contribution >= 4 is 11.3 Å². The molecular formula is C26H30N2O2S. The van der Waals surface area contributed by atoms with Gasteiger partial charge in [-0.25, -0.2) is 0 Å². The van der Waals surface area contributed by atoms with E-state index < -0.39 is 0 Å². The van der Waals surface area contributed by atoms with Crippen molar-refractivity contribution in [3.05, 3.63) is 72.8 Å². The normalized spacial score (nSPS) is 11.4. The Hall–Kier alpha value is -2.92. The molecule has 0 radical (unpaired) electrons. The molecule has 0 aliphatic heterocycles. The molecule has 0 aliphatic rings. The zero-order chi connectivity index (χ0) is 21.7. The summed E-state index contributed by atoms with van der Waals surface area (Å²) >= 11 is 1.58. The number of benzene rings is 2. The Morgan fingerprint density at radius 3 is 1.45 bits per heavy atom. The second-order valence-corrected chi connectivity index (χ2v) is 7.97. The molecule has 4 nitrogen and oxygen atoms in total. The first-order valence-corrected chi connectivity index (χ1v) is 11.7. The molecule has 2 aromatic carbocycles. The number of hydrogen-bond acceptors (Lipinski definition) is 5. The minimum Gasteiger partial charge on any atom is -0.493 e. The van der Waals surface area contributed by atoms with Gasteiger partial charge < -0.3 is 9.47 Å². The standard InChI is InChI=1S/C26H30N2O2S/c1-3-5-7-9-19-29-23-15-11-21(12-16-23)25-27-28-26(31-25)22-13-17-24(18-14-22)30-20-10-8-6-4-2/h5-8,11-18H,3-4,9-10,19-20H2,1-2H3. The highest BCUT2D eigenvalue weighted by Crippen LogP contribution is 2.31. The summed E-state index contributed by atoms with van der Waals surface area (Å²) in [5, 5.41) is 10.5. The summed E-state index contributed by atoms with van der Waals surface area (Å²) in [5.41, 5.74) is 2.09. The molecule has 162 valence electrons. The predicted octanol–water partition coefficient (Wildman–Crippen LogP) is 7.34. The highest BCUT2D eigenvalue weighted by molar-refractivity contribution is 7.17. The Kier molecular flexibility index (Phi) is 9.32. The molecule has 5 heteroatoms. The topological polar surface area (TPSA) is 44.2 Å². The van der Waals surface area contributed by atoms with Gasteiger partial charge in [0, 0.05) is 11.1 Å². The Balaban J connectivity index is 1.54. The molecule has 1 aromatic heterocycles. The fraction of sp³-hybridized carbons (Fsp3) is 0.308. The van der Waals surface area contributed by atoms with Crippen molar-refractivity contribution in [1.82, 2.24) is 10.2 Å². The summed E-state index contributed by atoms with van der Waals surface area (Å²) in [7, 11) is 0. The van der Waals surface area contributed by atoms with Crippen LogP contribution >= 0.6 is 11.3 Å². The van der Waals surface area contributed by atoms with Gasteiger partial charge in [-0.2, -0.15) is 0 Å². The molecule has 0 aliphatic carbocycles. The van der Waals surface area contributed by atoms with Crippen LogP contribution < -0.4 is 9.47 Å². The molecule has 0 N–H and O–H groups in total. The van der Waals surface area contributed by atoms with Crippen LogP contribution in [0, 0.1) is 0 Å². The minimum atomic E-state index is 0.688. The lowest BCUT2D eigenvalue weighted by molar-refractivity contribution is 0.324. The third-order valence-electron chi connectivity index (χ3n) is 4.54. The van der Waals surface area contributed by atoms with E-state index in [1.165, 1.54) is 0 Å². The van der Waals surface area contributed by atoms with E-state index in [9.17, 15) is 0 Å². The van der Waals surface area contributed by atoms with E-state index in [2.05, 4.69) is 48.3 Å². The van der Waals surface area contributed by atoms with Crippen LogP contribution in [0.15, 0.2) is 72.8 Å². The van der Waals surface area contributed by atoms with E-state index >= 15 is 0 Å². The number of nitrogens with zero attached hydrogens (tertiary/aromatic N) is 2. The van der Waals surface area contributed by atoms with Crippen LogP contribution in [0.5, 0.6) is 11.5 Å². The lowest BCUT2D eigenvalue weighted by Crippen LogP contribution is -1.95. The first-order chi connectivity index (χ1) is 15.3. The van der Waals surface area contributed by atoms with Crippen molar-refractivity contribution < 1.29 is 9.47 Å². The summed E-state index contributed by atoms with van der Waals surface area (Å²) in [6.45, 7) is 5.64. The van der Waals surface area contributed by atoms with Crippen LogP contribution in [0.3, 0.4) is 0 Å². The lowest BCUT2D eigenvalue weighted by Gasteiger charge is -2.05. The van der Waals surface area contributed by atoms with Crippen LogP contribution in [0.4, 0.5) is 0 Å². The number of allylic oxidation sites excluding steroid dienone is 2. The molecule has 0 saturated heterocycles. The van der Waals surface area contributed by atoms with Gasteiger partial charge in [-0.15, -0.1) is 10.2 Å². The van der Waals surface area contributed by atoms with Crippen LogP contribution in [-0.2, 0) is 0 Å². The summed E-state index contributed by atoms with van der Waals surface area (Å²) in [6, 6.07) is 16.1. The van der Waals surface area contributed by atoms with Crippen molar-refractivity contribution in [2.24, 2.45) is 0 Å². The average molecular weight is 435 g/mol. The SMILES string of the molecule is CCC=CCCOc1ccc(-c2nnc(-c3ccc(OCCC=CCC)cc3)s2)cc1. The lowest BCUT2D eigenvalue weighted by atomic mass is 10.2. The van der Waals surface area contributed by atoms with Crippen LogP contribution in [0.2, 0.25) is 0 Å². The molecule has 0 saturated carbocycles. The van der Waals surface area contributed by atoms with Gasteiger partial charge in [0.05, 0.1) is 13.2 Å². The van der Waals surface area contributed by atoms with Crippen molar-refractivity contribution in [1.29, 1.82) is 0 Å². The van der Waals surface area contributed by atoms with Gasteiger partial charge in [0.15, 0.2) is 0 Å². The average Bonchev–Trinajstić information content (AvgIpc) is 3.30. The maximum Gasteiger partial charge on any atom is 0.148 e. The fourth-order valence-electron chi connectivity index (χ4n) is 2.90. The van der Waals surface area contributed by atoms with Gasteiger partial charge >= 0.3 is 0 Å². The van der Waals surface area contributed by atoms with Crippen LogP contribution in [0.25, 0.3) is 21.1 Å². The summed E-state index contributed by atoms with van der Waals surface area (Å²) in [6.07, 6.45) is 12.6. The van der Waals surface area contributed by atoms with Gasteiger partial charge in [0.25, 0.3) is 0 Å². The maximum absolute atomic E-state index is 5.78. The van der Waals surface area contributed by atoms with Gasteiger partial charge in [-0.05, 0) is 74.2 Å². The molecule has 3 aromatic rings. The largest absolute Gasteiger partial charge is 0.493 e. The molecule has 0 bridgehead atoms. The van der Waals surface area contributed by atoms with E-state index in [0.29, 0.717) is 13.2 Å². The molecule has 0 fully saturated rings. The van der Waals surface area contributed by atoms with Gasteiger partial charge in [-0.3, -0.25) is 0 Å². The van der Waals surface area contributed by atoms with E-state index in [-0.39, 0.29) is 0 Å². The Morgan fingerprint density at radius 2 is 1.06 bits per heavy atom. The highest BCUT2D eigenvalue weighted by atomic mass is 32.1. The monoisotopic (exact) mass is 434 g/mol. The Bertz CT molecular complexity index is 882. The third kappa shape index (κ3) is 7.37. The molecular weight excluding hydrogens is 404 g/mol. The van der Waals surface area contributed by atoms with Crippen LogP contribution in [0.1, 0.15) is 39.5 Å². The predicted molar refractivity (Wildman–Crippen MR) is 130 cm³/mol. The summed E-state index contributed by atoms with van der Waals surface area (Å²) in [4.78, 5) is 0. The van der Waals surface area contributed by atoms with Crippen molar-refractivity contribution in [3.63, 3.8) is 0 Å². The van der Waals surface area contributed by atoms with Gasteiger partial charge in [-0.1, -0.05) is 49.5 Å². The first-order valence-electron chi connectivity index (χ1n) is 10.9. The number of rotatable bonds is 12. The molecule has 31 heavy (non-hydrogen) atoms. The zero-order valence-electron chi connectivity index (χ0n) is 18.3. The number of aromatic nitrogens is 2. The molecule has 0 amide bonds. The number of ether oxygens (including phenoxy) is 2. The van der Waals surface area contributed by atoms with Crippen LogP contribution in [-0.4, -0.2) is 23.4 Å². The van der Waals surface area contributed by atoms with E-state index in [1.54, 1.807) is 11.3 Å². The van der Waals surface area contributed by atoms with Gasteiger partial charge in [0.2, 0.25) is 0 Å². The second-order valence-electron chi connectivity index (χ2n) is 6.99. The molecule has 3 rings (SSSR count). The van der Waals surface area contributed by atoms with Crippen molar-refractivity contribution in [2.45, 2.75) is 39.5 Å². The highest BCUT2D eigenvalue weighted by Gasteiger charge is 2.09. The molecule has 0 spiro atoms. The summed E-state index contributed by atoms with van der Waals surface area (Å²) < 4.78 is 11.6. The quantitative estimate of drug-likeness (QED) is 0.221. The zero-order valence-corrected chi connectivity index (χ0v) is 19.1. The number of hydrogen-bond donors (Lipinski definition) is 0. The second kappa shape index (κ2) is 12.7. The molecule has 0 atom stereocenters. The van der Waals surface area contributed by atoms with Gasteiger partial charge in [0.1, 0.15) is 21.5 Å². The minimum absolute atomic E-state index is 0.688. The van der Waals surface area contributed by atoms with E-state index in [4.69, 9.17) is 9.47 Å². The molecule has 0 unspecified atom stereocenters. The van der Waals surface area contributed by atoms with Crippen molar-refractivity contribution in [2.75, 3.05) is 13.2 Å². The summed E-state index contributed by atoms with van der Waals surface area (Å²) in [5.74, 6) is 1.75.